The fourth-order valence-electron chi connectivity index (χ4n) is 1.53. The van der Waals surface area contributed by atoms with Gasteiger partial charge in [-0.05, 0) is 18.2 Å². The first-order valence-corrected chi connectivity index (χ1v) is 6.14. The number of nitrogens with one attached hydrogen (secondary N) is 1. The molecule has 0 radical (unpaired) electrons. The van der Waals surface area contributed by atoms with Crippen LogP contribution >= 0.6 is 0 Å². The number of fused-ring (bicyclic) bond motifs is 1. The summed E-state index contributed by atoms with van der Waals surface area (Å²) in [4.78, 5) is -0.270. The van der Waals surface area contributed by atoms with Gasteiger partial charge in [0.05, 0.1) is 21.9 Å². The quantitative estimate of drug-likeness (QED) is 0.766. The van der Waals surface area contributed by atoms with E-state index in [1.165, 1.54) is 0 Å². The highest BCUT2D eigenvalue weighted by molar-refractivity contribution is 7.91. The summed E-state index contributed by atoms with van der Waals surface area (Å²) in [5.41, 5.74) is -0.710. The topological polar surface area (TPSA) is 46.2 Å². The normalized spacial score (nSPS) is 18.7. The van der Waals surface area contributed by atoms with Crippen LogP contribution in [-0.2, 0) is 16.0 Å². The minimum atomic E-state index is -4.53. The Morgan fingerprint density at radius 1 is 1.25 bits per heavy atom. The van der Waals surface area contributed by atoms with Crippen LogP contribution in [0.2, 0.25) is 0 Å². The van der Waals surface area contributed by atoms with Gasteiger partial charge in [0.25, 0.3) is 0 Å². The Kier molecular flexibility index (Phi) is 2.37. The second-order valence-corrected chi connectivity index (χ2v) is 5.53. The molecule has 1 aromatic carbocycles. The summed E-state index contributed by atoms with van der Waals surface area (Å²) in [7, 11) is -3.59. The van der Waals surface area contributed by atoms with Crippen molar-refractivity contribution >= 4 is 15.5 Å². The third kappa shape index (κ3) is 1.87. The van der Waals surface area contributed by atoms with E-state index in [9.17, 15) is 21.6 Å². The number of halogens is 3. The molecule has 0 unspecified atom stereocenters. The van der Waals surface area contributed by atoms with Crippen LogP contribution in [0.3, 0.4) is 0 Å². The average molecular weight is 251 g/mol. The molecule has 88 valence electrons. The van der Waals surface area contributed by atoms with Crippen LogP contribution in [0.4, 0.5) is 18.9 Å². The minimum Gasteiger partial charge on any atom is -0.383 e. The van der Waals surface area contributed by atoms with Gasteiger partial charge < -0.3 is 5.32 Å². The first kappa shape index (κ1) is 11.3. The number of alkyl halides is 3. The number of hydrogen-bond acceptors (Lipinski definition) is 3. The predicted octanol–water partition coefficient (Wildman–Crippen LogP) is 1.90. The fraction of sp³-hybridized carbons (Fsp3) is 0.333. The monoisotopic (exact) mass is 251 g/mol. The molecule has 0 bridgehead atoms. The Bertz CT molecular complexity index is 522. The molecule has 0 saturated carbocycles. The van der Waals surface area contributed by atoms with Crippen LogP contribution in [0.25, 0.3) is 0 Å². The summed E-state index contributed by atoms with van der Waals surface area (Å²) in [5.74, 6) is -0.179. The van der Waals surface area contributed by atoms with Crippen LogP contribution in [0, 0.1) is 0 Å². The van der Waals surface area contributed by atoms with E-state index in [-0.39, 0.29) is 22.9 Å². The lowest BCUT2D eigenvalue weighted by molar-refractivity contribution is -0.137. The maximum atomic E-state index is 12.4. The Hall–Kier alpha value is -1.24. The van der Waals surface area contributed by atoms with Gasteiger partial charge >= 0.3 is 6.18 Å². The highest BCUT2D eigenvalue weighted by Crippen LogP contribution is 2.34. The number of anilines is 1. The van der Waals surface area contributed by atoms with Crippen LogP contribution < -0.4 is 5.32 Å². The van der Waals surface area contributed by atoms with E-state index in [4.69, 9.17) is 0 Å². The molecule has 1 heterocycles. The smallest absolute Gasteiger partial charge is 0.383 e. The largest absolute Gasteiger partial charge is 0.416 e. The zero-order valence-corrected chi connectivity index (χ0v) is 8.82. The van der Waals surface area contributed by atoms with E-state index >= 15 is 0 Å². The lowest BCUT2D eigenvalue weighted by Gasteiger charge is -2.19. The van der Waals surface area contributed by atoms with Gasteiger partial charge in [0, 0.05) is 6.54 Å². The summed E-state index contributed by atoms with van der Waals surface area (Å²) >= 11 is 0. The summed E-state index contributed by atoms with van der Waals surface area (Å²) < 4.78 is 60.3. The first-order chi connectivity index (χ1) is 7.31. The Morgan fingerprint density at radius 2 is 1.94 bits per heavy atom. The van der Waals surface area contributed by atoms with Gasteiger partial charge in [0.15, 0.2) is 9.84 Å². The molecule has 1 aliphatic rings. The number of hydrogen-bond donors (Lipinski definition) is 1. The molecule has 1 aliphatic heterocycles. The maximum Gasteiger partial charge on any atom is 0.416 e. The van der Waals surface area contributed by atoms with Gasteiger partial charge in [-0.2, -0.15) is 13.2 Å². The minimum absolute atomic E-state index is 0.179. The van der Waals surface area contributed by atoms with E-state index in [0.29, 0.717) is 6.07 Å². The number of benzene rings is 1. The lowest BCUT2D eigenvalue weighted by atomic mass is 10.2. The molecule has 0 fully saturated rings. The van der Waals surface area contributed by atoms with E-state index in [1.54, 1.807) is 0 Å². The average Bonchev–Trinajstić information content (AvgIpc) is 2.15. The Balaban J connectivity index is 2.61. The van der Waals surface area contributed by atoms with Crippen molar-refractivity contribution in [2.24, 2.45) is 0 Å². The van der Waals surface area contributed by atoms with Crippen molar-refractivity contribution in [2.45, 2.75) is 11.1 Å². The second-order valence-electron chi connectivity index (χ2n) is 3.45. The molecule has 16 heavy (non-hydrogen) atoms. The Morgan fingerprint density at radius 3 is 2.56 bits per heavy atom. The molecule has 0 atom stereocenters. The molecule has 0 aliphatic carbocycles. The molecule has 0 saturated heterocycles. The van der Waals surface area contributed by atoms with Crippen LogP contribution in [0.5, 0.6) is 0 Å². The maximum absolute atomic E-state index is 12.4. The summed E-state index contributed by atoms with van der Waals surface area (Å²) in [6, 6.07) is 2.69. The van der Waals surface area contributed by atoms with Crippen molar-refractivity contribution in [3.63, 3.8) is 0 Å². The molecule has 0 amide bonds. The number of rotatable bonds is 0. The van der Waals surface area contributed by atoms with Gasteiger partial charge in [0.2, 0.25) is 0 Å². The van der Waals surface area contributed by atoms with E-state index in [0.717, 1.165) is 12.1 Å². The van der Waals surface area contributed by atoms with Crippen molar-refractivity contribution in [1.82, 2.24) is 0 Å². The highest BCUT2D eigenvalue weighted by atomic mass is 32.2. The van der Waals surface area contributed by atoms with Crippen molar-refractivity contribution in [3.8, 4) is 0 Å². The number of sulfone groups is 1. The van der Waals surface area contributed by atoms with Crippen LogP contribution in [-0.4, -0.2) is 20.7 Å². The third-order valence-electron chi connectivity index (χ3n) is 2.33. The predicted molar refractivity (Wildman–Crippen MR) is 52.0 cm³/mol. The molecular weight excluding hydrogens is 243 g/mol. The van der Waals surface area contributed by atoms with Crippen molar-refractivity contribution in [3.05, 3.63) is 23.8 Å². The summed E-state index contributed by atoms with van der Waals surface area (Å²) in [6.45, 7) is 0.223. The van der Waals surface area contributed by atoms with Gasteiger partial charge in [-0.25, -0.2) is 8.42 Å². The second kappa shape index (κ2) is 3.38. The summed E-state index contributed by atoms with van der Waals surface area (Å²) in [6.07, 6.45) is -4.53. The van der Waals surface area contributed by atoms with E-state index < -0.39 is 21.6 Å². The summed E-state index contributed by atoms with van der Waals surface area (Å²) in [5, 5.41) is 2.75. The zero-order valence-electron chi connectivity index (χ0n) is 8.00. The van der Waals surface area contributed by atoms with E-state index in [2.05, 4.69) is 5.32 Å². The van der Waals surface area contributed by atoms with Crippen molar-refractivity contribution < 1.29 is 21.6 Å². The van der Waals surface area contributed by atoms with E-state index in [1.807, 2.05) is 0 Å². The standard InChI is InChI=1S/C9H8F3NO2S/c10-9(11,12)6-1-2-7-8(5-6)16(14,15)4-3-13-7/h1-2,5,13H,3-4H2. The third-order valence-corrected chi connectivity index (χ3v) is 4.08. The molecule has 1 N–H and O–H groups in total. The molecular formula is C9H8F3NO2S. The molecule has 3 nitrogen and oxygen atoms in total. The van der Waals surface area contributed by atoms with Gasteiger partial charge in [0.1, 0.15) is 0 Å². The van der Waals surface area contributed by atoms with Gasteiger partial charge in [-0.1, -0.05) is 0 Å². The van der Waals surface area contributed by atoms with Gasteiger partial charge in [-0.15, -0.1) is 0 Å². The molecule has 2 rings (SSSR count). The lowest BCUT2D eigenvalue weighted by Crippen LogP contribution is -2.23. The fourth-order valence-corrected chi connectivity index (χ4v) is 2.90. The first-order valence-electron chi connectivity index (χ1n) is 4.48. The SMILES string of the molecule is O=S1(=O)CCNc2ccc(C(F)(F)F)cc21. The zero-order chi connectivity index (χ0) is 12.0. The Labute approximate surface area is 90.2 Å². The van der Waals surface area contributed by atoms with Crippen LogP contribution in [0.15, 0.2) is 23.1 Å². The molecule has 1 aromatic rings. The van der Waals surface area contributed by atoms with Gasteiger partial charge in [-0.3, -0.25) is 0 Å². The van der Waals surface area contributed by atoms with Crippen molar-refractivity contribution in [2.75, 3.05) is 17.6 Å². The van der Waals surface area contributed by atoms with Crippen molar-refractivity contribution in [1.29, 1.82) is 0 Å². The molecule has 0 aromatic heterocycles. The highest BCUT2D eigenvalue weighted by Gasteiger charge is 2.33. The van der Waals surface area contributed by atoms with Crippen LogP contribution in [0.1, 0.15) is 5.56 Å². The molecule has 7 heteroatoms. The molecule has 0 spiro atoms.